The first-order valence-electron chi connectivity index (χ1n) is 5.63. The predicted octanol–water partition coefficient (Wildman–Crippen LogP) is 3.12. The number of nitrogen functional groups attached to an aromatic ring is 1. The van der Waals surface area contributed by atoms with Gasteiger partial charge in [-0.25, -0.2) is 0 Å². The molecule has 0 saturated heterocycles. The zero-order valence-corrected chi connectivity index (χ0v) is 10.1. The monoisotopic (exact) mass is 228 g/mol. The molecule has 2 N–H and O–H groups in total. The summed E-state index contributed by atoms with van der Waals surface area (Å²) in [4.78, 5) is 4.09. The van der Waals surface area contributed by atoms with Crippen molar-refractivity contribution in [2.24, 2.45) is 0 Å². The van der Waals surface area contributed by atoms with E-state index in [9.17, 15) is 0 Å². The molecule has 1 aromatic heterocycles. The van der Waals surface area contributed by atoms with Gasteiger partial charge in [0.2, 0.25) is 0 Å². The van der Waals surface area contributed by atoms with Gasteiger partial charge in [-0.3, -0.25) is 4.98 Å². The molecule has 1 aromatic carbocycles. The summed E-state index contributed by atoms with van der Waals surface area (Å²) in [5.41, 5.74) is 8.60. The first kappa shape index (κ1) is 11.5. The van der Waals surface area contributed by atoms with Gasteiger partial charge in [0, 0.05) is 23.6 Å². The Morgan fingerprint density at radius 3 is 2.76 bits per heavy atom. The van der Waals surface area contributed by atoms with Gasteiger partial charge < -0.3 is 10.5 Å². The molecule has 0 fully saturated rings. The van der Waals surface area contributed by atoms with Crippen molar-refractivity contribution < 1.29 is 4.74 Å². The number of aromatic nitrogens is 1. The Bertz CT molecular complexity index is 509. The highest BCUT2D eigenvalue weighted by atomic mass is 16.5. The Labute approximate surface area is 101 Å². The zero-order chi connectivity index (χ0) is 12.3. The van der Waals surface area contributed by atoms with Gasteiger partial charge in [-0.05, 0) is 37.6 Å². The molecule has 0 aliphatic heterocycles. The van der Waals surface area contributed by atoms with E-state index in [4.69, 9.17) is 10.5 Å². The number of benzene rings is 1. The molecule has 1 heterocycles. The normalized spacial score (nSPS) is 10.5. The average Bonchev–Trinajstić information content (AvgIpc) is 2.29. The number of anilines is 1. The van der Waals surface area contributed by atoms with Crippen molar-refractivity contribution in [3.05, 3.63) is 42.7 Å². The Hall–Kier alpha value is -2.03. The molecule has 0 bridgehead atoms. The third-order valence-corrected chi connectivity index (χ3v) is 2.37. The van der Waals surface area contributed by atoms with Crippen molar-refractivity contribution in [1.29, 1.82) is 0 Å². The van der Waals surface area contributed by atoms with E-state index in [-0.39, 0.29) is 6.10 Å². The third kappa shape index (κ3) is 2.75. The minimum atomic E-state index is 0.163. The van der Waals surface area contributed by atoms with Crippen LogP contribution in [0.2, 0.25) is 0 Å². The highest BCUT2D eigenvalue weighted by molar-refractivity contribution is 5.75. The quantitative estimate of drug-likeness (QED) is 0.878. The van der Waals surface area contributed by atoms with Crippen molar-refractivity contribution in [2.45, 2.75) is 20.0 Å². The second-order valence-corrected chi connectivity index (χ2v) is 4.16. The Balaban J connectivity index is 2.37. The second kappa shape index (κ2) is 4.87. The molecule has 0 radical (unpaired) electrons. The van der Waals surface area contributed by atoms with Gasteiger partial charge in [-0.15, -0.1) is 0 Å². The molecular formula is C14H16N2O. The van der Waals surface area contributed by atoms with Crippen LogP contribution in [0.4, 0.5) is 5.69 Å². The maximum atomic E-state index is 5.92. The van der Waals surface area contributed by atoms with E-state index >= 15 is 0 Å². The highest BCUT2D eigenvalue weighted by Gasteiger charge is 2.04. The fourth-order valence-corrected chi connectivity index (χ4v) is 1.66. The van der Waals surface area contributed by atoms with Crippen molar-refractivity contribution >= 4 is 5.69 Å². The Morgan fingerprint density at radius 1 is 1.24 bits per heavy atom. The van der Waals surface area contributed by atoms with Gasteiger partial charge in [0.15, 0.2) is 0 Å². The summed E-state index contributed by atoms with van der Waals surface area (Å²) >= 11 is 0. The van der Waals surface area contributed by atoms with Crippen molar-refractivity contribution in [2.75, 3.05) is 5.73 Å². The van der Waals surface area contributed by atoms with Crippen LogP contribution in [0.3, 0.4) is 0 Å². The van der Waals surface area contributed by atoms with Crippen LogP contribution in [0, 0.1) is 0 Å². The minimum absolute atomic E-state index is 0.163. The lowest BCUT2D eigenvalue weighted by atomic mass is 10.1. The largest absolute Gasteiger partial charge is 0.491 e. The molecule has 17 heavy (non-hydrogen) atoms. The maximum Gasteiger partial charge on any atom is 0.120 e. The topological polar surface area (TPSA) is 48.1 Å². The first-order chi connectivity index (χ1) is 8.16. The molecular weight excluding hydrogens is 212 g/mol. The Morgan fingerprint density at radius 2 is 2.06 bits per heavy atom. The SMILES string of the molecule is CC(C)Oc1cccc(-c2cnccc2N)c1. The molecule has 88 valence electrons. The maximum absolute atomic E-state index is 5.92. The Kier molecular flexibility index (Phi) is 3.28. The fraction of sp³-hybridized carbons (Fsp3) is 0.214. The van der Waals surface area contributed by atoms with Gasteiger partial charge in [-0.1, -0.05) is 12.1 Å². The fourth-order valence-electron chi connectivity index (χ4n) is 1.66. The third-order valence-electron chi connectivity index (χ3n) is 2.37. The number of rotatable bonds is 3. The molecule has 0 atom stereocenters. The van der Waals surface area contributed by atoms with Crippen molar-refractivity contribution in [3.63, 3.8) is 0 Å². The molecule has 0 saturated carbocycles. The van der Waals surface area contributed by atoms with E-state index in [0.717, 1.165) is 22.6 Å². The molecule has 2 rings (SSSR count). The number of hydrogen-bond acceptors (Lipinski definition) is 3. The molecule has 2 aromatic rings. The lowest BCUT2D eigenvalue weighted by Gasteiger charge is -2.11. The molecule has 0 aliphatic carbocycles. The van der Waals surface area contributed by atoms with E-state index in [1.807, 2.05) is 38.1 Å². The smallest absolute Gasteiger partial charge is 0.120 e. The summed E-state index contributed by atoms with van der Waals surface area (Å²) < 4.78 is 5.65. The number of hydrogen-bond donors (Lipinski definition) is 1. The van der Waals surface area contributed by atoms with E-state index in [2.05, 4.69) is 4.98 Å². The van der Waals surface area contributed by atoms with Crippen LogP contribution in [0.1, 0.15) is 13.8 Å². The van der Waals surface area contributed by atoms with Gasteiger partial charge in [0.05, 0.1) is 6.10 Å². The van der Waals surface area contributed by atoms with Crippen LogP contribution in [0.5, 0.6) is 5.75 Å². The van der Waals surface area contributed by atoms with E-state index in [1.165, 1.54) is 0 Å². The summed E-state index contributed by atoms with van der Waals surface area (Å²) in [6, 6.07) is 9.68. The predicted molar refractivity (Wildman–Crippen MR) is 69.8 cm³/mol. The highest BCUT2D eigenvalue weighted by Crippen LogP contribution is 2.27. The van der Waals surface area contributed by atoms with Crippen LogP contribution in [0.15, 0.2) is 42.7 Å². The van der Waals surface area contributed by atoms with Gasteiger partial charge in [-0.2, -0.15) is 0 Å². The number of pyridine rings is 1. The molecule has 3 heteroatoms. The van der Waals surface area contributed by atoms with Crippen molar-refractivity contribution in [1.82, 2.24) is 4.98 Å². The van der Waals surface area contributed by atoms with E-state index < -0.39 is 0 Å². The molecule has 0 unspecified atom stereocenters. The summed E-state index contributed by atoms with van der Waals surface area (Å²) in [6.45, 7) is 4.01. The molecule has 3 nitrogen and oxygen atoms in total. The summed E-state index contributed by atoms with van der Waals surface area (Å²) in [6.07, 6.45) is 3.62. The van der Waals surface area contributed by atoms with Crippen LogP contribution in [-0.2, 0) is 0 Å². The number of nitrogens with zero attached hydrogens (tertiary/aromatic N) is 1. The minimum Gasteiger partial charge on any atom is -0.491 e. The number of ether oxygens (including phenoxy) is 1. The van der Waals surface area contributed by atoms with Crippen LogP contribution in [0.25, 0.3) is 11.1 Å². The zero-order valence-electron chi connectivity index (χ0n) is 10.1. The first-order valence-corrected chi connectivity index (χ1v) is 5.63. The summed E-state index contributed by atoms with van der Waals surface area (Å²) in [5.74, 6) is 0.848. The van der Waals surface area contributed by atoms with E-state index in [0.29, 0.717) is 0 Å². The average molecular weight is 228 g/mol. The second-order valence-electron chi connectivity index (χ2n) is 4.16. The van der Waals surface area contributed by atoms with Crippen LogP contribution < -0.4 is 10.5 Å². The number of nitrogens with two attached hydrogens (primary N) is 1. The van der Waals surface area contributed by atoms with Crippen LogP contribution in [-0.4, -0.2) is 11.1 Å². The van der Waals surface area contributed by atoms with Gasteiger partial charge in [0.1, 0.15) is 5.75 Å². The molecule has 0 amide bonds. The molecule has 0 spiro atoms. The van der Waals surface area contributed by atoms with Gasteiger partial charge in [0.25, 0.3) is 0 Å². The van der Waals surface area contributed by atoms with Gasteiger partial charge >= 0.3 is 0 Å². The lowest BCUT2D eigenvalue weighted by molar-refractivity contribution is 0.242. The lowest BCUT2D eigenvalue weighted by Crippen LogP contribution is -2.05. The summed E-state index contributed by atoms with van der Waals surface area (Å²) in [5, 5.41) is 0. The molecule has 0 aliphatic rings. The van der Waals surface area contributed by atoms with Crippen molar-refractivity contribution in [3.8, 4) is 16.9 Å². The summed E-state index contributed by atoms with van der Waals surface area (Å²) in [7, 11) is 0. The van der Waals surface area contributed by atoms with E-state index in [1.54, 1.807) is 18.5 Å². The van der Waals surface area contributed by atoms with Crippen LogP contribution >= 0.6 is 0 Å². The standard InChI is InChI=1S/C14H16N2O/c1-10(2)17-12-5-3-4-11(8-12)13-9-16-7-6-14(13)15/h3-10H,1-2H3,(H2,15,16).